The zero-order valence-electron chi connectivity index (χ0n) is 16.7. The van der Waals surface area contributed by atoms with E-state index in [-0.39, 0.29) is 24.5 Å². The Balaban J connectivity index is 1.94. The molecule has 0 aliphatic carbocycles. The fourth-order valence-electron chi connectivity index (χ4n) is 2.59. The van der Waals surface area contributed by atoms with Gasteiger partial charge in [0.2, 0.25) is 5.91 Å². The summed E-state index contributed by atoms with van der Waals surface area (Å²) in [7, 11) is 1.46. The molecule has 0 saturated carbocycles. The summed E-state index contributed by atoms with van der Waals surface area (Å²) in [6.07, 6.45) is -0.00343. The largest absolute Gasteiger partial charge is 0.493 e. The van der Waals surface area contributed by atoms with Crippen molar-refractivity contribution in [3.8, 4) is 11.5 Å². The monoisotopic (exact) mass is 404 g/mol. The van der Waals surface area contributed by atoms with Gasteiger partial charge in [-0.25, -0.2) is 4.79 Å². The topological polar surface area (TPSA) is 142 Å². The molecule has 0 aliphatic heterocycles. The molecule has 0 spiro atoms. The first-order valence-corrected chi connectivity index (χ1v) is 8.97. The Kier molecular flexibility index (Phi) is 7.18. The number of aromatic nitrogens is 2. The molecule has 1 heterocycles. The van der Waals surface area contributed by atoms with Crippen molar-refractivity contribution >= 4 is 11.8 Å². The highest BCUT2D eigenvalue weighted by Crippen LogP contribution is 2.28. The molecule has 0 radical (unpaired) electrons. The number of rotatable bonds is 7. The van der Waals surface area contributed by atoms with Crippen molar-refractivity contribution in [1.29, 1.82) is 0 Å². The summed E-state index contributed by atoms with van der Waals surface area (Å²) >= 11 is 0. The van der Waals surface area contributed by atoms with Gasteiger partial charge in [0.05, 0.1) is 13.2 Å². The van der Waals surface area contributed by atoms with Gasteiger partial charge < -0.3 is 14.5 Å². The van der Waals surface area contributed by atoms with Crippen LogP contribution in [0.25, 0.3) is 0 Å². The molecular weight excluding hydrogens is 380 g/mol. The summed E-state index contributed by atoms with van der Waals surface area (Å²) in [4.78, 5) is 51.8. The quantitative estimate of drug-likeness (QED) is 0.497. The molecule has 0 aliphatic rings. The number of carbonyl (C=O) groups is 2. The standard InChI is InChI=1S/C19H24N4O6/c1-10(2)29-14-7-5-12(9-15(14)28-4)17(25)23-22-16(24)8-6-13-11(3)20-19(27)21-18(13)26/h5,7,9-10H,6,8H2,1-4H3,(H,22,24)(H,23,25)(H2,20,21,26,27). The first-order chi connectivity index (χ1) is 13.7. The number of methoxy groups -OCH3 is 1. The maximum absolute atomic E-state index is 12.3. The minimum atomic E-state index is -0.604. The number of hydrogen-bond donors (Lipinski definition) is 4. The van der Waals surface area contributed by atoms with Crippen LogP contribution in [0.5, 0.6) is 11.5 Å². The number of aromatic amines is 2. The summed E-state index contributed by atoms with van der Waals surface area (Å²) < 4.78 is 10.8. The Morgan fingerprint density at radius 1 is 1.10 bits per heavy atom. The van der Waals surface area contributed by atoms with E-state index in [1.54, 1.807) is 19.1 Å². The van der Waals surface area contributed by atoms with E-state index >= 15 is 0 Å². The molecular formula is C19H24N4O6. The third kappa shape index (κ3) is 5.96. The molecule has 1 aromatic carbocycles. The highest BCUT2D eigenvalue weighted by atomic mass is 16.5. The lowest BCUT2D eigenvalue weighted by Gasteiger charge is -2.14. The zero-order chi connectivity index (χ0) is 21.6. The van der Waals surface area contributed by atoms with Crippen molar-refractivity contribution in [2.75, 3.05) is 7.11 Å². The minimum Gasteiger partial charge on any atom is -0.493 e. The molecule has 4 N–H and O–H groups in total. The summed E-state index contributed by atoms with van der Waals surface area (Å²) in [5.74, 6) is -0.129. The van der Waals surface area contributed by atoms with Crippen molar-refractivity contribution in [2.45, 2.75) is 39.7 Å². The van der Waals surface area contributed by atoms with E-state index in [1.807, 2.05) is 13.8 Å². The van der Waals surface area contributed by atoms with E-state index in [0.717, 1.165) is 0 Å². The van der Waals surface area contributed by atoms with Crippen LogP contribution in [0.15, 0.2) is 27.8 Å². The number of amides is 2. The van der Waals surface area contributed by atoms with Crippen molar-refractivity contribution in [1.82, 2.24) is 20.8 Å². The van der Waals surface area contributed by atoms with E-state index in [2.05, 4.69) is 20.8 Å². The van der Waals surface area contributed by atoms with Crippen molar-refractivity contribution in [2.24, 2.45) is 0 Å². The van der Waals surface area contributed by atoms with Gasteiger partial charge in [-0.15, -0.1) is 0 Å². The molecule has 156 valence electrons. The predicted octanol–water partition coefficient (Wildman–Crippen LogP) is 0.561. The average Bonchev–Trinajstić information content (AvgIpc) is 2.65. The Morgan fingerprint density at radius 2 is 1.83 bits per heavy atom. The van der Waals surface area contributed by atoms with Crippen LogP contribution in [-0.4, -0.2) is 35.0 Å². The van der Waals surface area contributed by atoms with Gasteiger partial charge in [0, 0.05) is 23.2 Å². The van der Waals surface area contributed by atoms with Gasteiger partial charge in [-0.2, -0.15) is 0 Å². The van der Waals surface area contributed by atoms with E-state index in [1.165, 1.54) is 13.2 Å². The van der Waals surface area contributed by atoms with Crippen LogP contribution < -0.4 is 31.6 Å². The van der Waals surface area contributed by atoms with E-state index in [9.17, 15) is 19.2 Å². The fraction of sp³-hybridized carbons (Fsp3) is 0.368. The Labute approximate surface area is 166 Å². The predicted molar refractivity (Wildman–Crippen MR) is 105 cm³/mol. The van der Waals surface area contributed by atoms with Gasteiger partial charge in [-0.3, -0.25) is 30.2 Å². The van der Waals surface area contributed by atoms with Crippen LogP contribution in [0.4, 0.5) is 0 Å². The third-order valence-corrected chi connectivity index (χ3v) is 3.96. The van der Waals surface area contributed by atoms with E-state index < -0.39 is 23.1 Å². The normalized spacial score (nSPS) is 10.5. The fourth-order valence-corrected chi connectivity index (χ4v) is 2.59. The molecule has 2 aromatic rings. The number of H-pyrrole nitrogens is 2. The summed E-state index contributed by atoms with van der Waals surface area (Å²) in [5, 5.41) is 0. The Morgan fingerprint density at radius 3 is 2.45 bits per heavy atom. The number of hydrazine groups is 1. The van der Waals surface area contributed by atoms with E-state index in [0.29, 0.717) is 22.8 Å². The van der Waals surface area contributed by atoms with E-state index in [4.69, 9.17) is 9.47 Å². The first kappa shape index (κ1) is 21.7. The van der Waals surface area contributed by atoms with Gasteiger partial charge in [-0.05, 0) is 45.4 Å². The van der Waals surface area contributed by atoms with Crippen molar-refractivity contribution in [3.05, 3.63) is 55.9 Å². The lowest BCUT2D eigenvalue weighted by atomic mass is 10.1. The lowest BCUT2D eigenvalue weighted by Crippen LogP contribution is -2.42. The van der Waals surface area contributed by atoms with Gasteiger partial charge in [0.1, 0.15) is 0 Å². The molecule has 0 atom stereocenters. The molecule has 2 amide bonds. The highest BCUT2D eigenvalue weighted by molar-refractivity contribution is 5.96. The molecule has 0 fully saturated rings. The van der Waals surface area contributed by atoms with Gasteiger partial charge >= 0.3 is 5.69 Å². The van der Waals surface area contributed by atoms with Crippen LogP contribution in [0.3, 0.4) is 0 Å². The number of ether oxygens (including phenoxy) is 2. The highest BCUT2D eigenvalue weighted by Gasteiger charge is 2.14. The third-order valence-electron chi connectivity index (χ3n) is 3.96. The first-order valence-electron chi connectivity index (χ1n) is 8.97. The van der Waals surface area contributed by atoms with Crippen LogP contribution in [-0.2, 0) is 11.2 Å². The van der Waals surface area contributed by atoms with Crippen LogP contribution in [0, 0.1) is 6.92 Å². The lowest BCUT2D eigenvalue weighted by molar-refractivity contribution is -0.121. The van der Waals surface area contributed by atoms with Crippen LogP contribution in [0.1, 0.15) is 41.9 Å². The minimum absolute atomic E-state index is 0.0545. The molecule has 10 heteroatoms. The Hall–Kier alpha value is -3.56. The number of hydrogen-bond acceptors (Lipinski definition) is 6. The van der Waals surface area contributed by atoms with Crippen molar-refractivity contribution in [3.63, 3.8) is 0 Å². The molecule has 0 bridgehead atoms. The molecule has 1 aromatic heterocycles. The molecule has 10 nitrogen and oxygen atoms in total. The second-order valence-electron chi connectivity index (χ2n) is 6.55. The van der Waals surface area contributed by atoms with Gasteiger partial charge in [0.25, 0.3) is 11.5 Å². The second kappa shape index (κ2) is 9.58. The maximum Gasteiger partial charge on any atom is 0.325 e. The van der Waals surface area contributed by atoms with Crippen LogP contribution in [0.2, 0.25) is 0 Å². The maximum atomic E-state index is 12.3. The SMILES string of the molecule is COc1cc(C(=O)NNC(=O)CCc2c(C)[nH]c(=O)[nH]c2=O)ccc1OC(C)C. The number of aryl methyl sites for hydroxylation is 1. The number of nitrogens with one attached hydrogen (secondary N) is 4. The number of benzene rings is 1. The molecule has 0 unspecified atom stereocenters. The van der Waals surface area contributed by atoms with Gasteiger partial charge in [-0.1, -0.05) is 0 Å². The molecule has 29 heavy (non-hydrogen) atoms. The summed E-state index contributed by atoms with van der Waals surface area (Å²) in [5.41, 5.74) is 4.42. The van der Waals surface area contributed by atoms with Crippen molar-refractivity contribution < 1.29 is 19.1 Å². The zero-order valence-corrected chi connectivity index (χ0v) is 16.7. The number of carbonyl (C=O) groups excluding carboxylic acids is 2. The summed E-state index contributed by atoms with van der Waals surface area (Å²) in [6, 6.07) is 4.66. The smallest absolute Gasteiger partial charge is 0.325 e. The molecule has 2 rings (SSSR count). The molecule has 0 saturated heterocycles. The van der Waals surface area contributed by atoms with Crippen LogP contribution >= 0.6 is 0 Å². The Bertz CT molecular complexity index is 1010. The average molecular weight is 404 g/mol. The second-order valence-corrected chi connectivity index (χ2v) is 6.55. The van der Waals surface area contributed by atoms with Gasteiger partial charge in [0.15, 0.2) is 11.5 Å². The summed E-state index contributed by atoms with van der Waals surface area (Å²) in [6.45, 7) is 5.32.